The van der Waals surface area contributed by atoms with Gasteiger partial charge < -0.3 is 29.7 Å². The van der Waals surface area contributed by atoms with E-state index in [2.05, 4.69) is 35.6 Å². The zero-order valence-corrected chi connectivity index (χ0v) is 21.5. The summed E-state index contributed by atoms with van der Waals surface area (Å²) in [6, 6.07) is 7.82. The molecule has 0 saturated carbocycles. The molecule has 0 radical (unpaired) electrons. The summed E-state index contributed by atoms with van der Waals surface area (Å²) < 4.78 is 15.4. The summed E-state index contributed by atoms with van der Waals surface area (Å²) in [5, 5.41) is 10.5. The fraction of sp³-hybridized carbons (Fsp3) is 0.417. The summed E-state index contributed by atoms with van der Waals surface area (Å²) >= 11 is 1.28. The number of nitrogens with one attached hydrogen (secondary N) is 3. The number of aromatic nitrogens is 3. The third kappa shape index (κ3) is 6.59. The van der Waals surface area contributed by atoms with Crippen LogP contribution in [0.2, 0.25) is 0 Å². The molecule has 11 nitrogen and oxygen atoms in total. The molecule has 2 aliphatic heterocycles. The van der Waals surface area contributed by atoms with E-state index in [9.17, 15) is 4.79 Å². The van der Waals surface area contributed by atoms with E-state index in [1.807, 2.05) is 38.1 Å². The number of methoxy groups -OCH3 is 1. The second-order valence-corrected chi connectivity index (χ2v) is 9.03. The standard InChI is InChI=1S/C21H23N7O3S.C3H8O/c1-13-17(11-29)32-21(24-13)27-20-25-18(9-19(26-20)28-6-4-22-5-7-28)23-10-14-2-3-15-16(8-14)31-12-30-15;1-3-4-2/h2-3,8-9,11,22H,4-7,10,12H2,1H3,(H2,23,24,25,26,27);3H2,1-2H3. The molecule has 2 aliphatic rings. The molecule has 3 aromatic rings. The van der Waals surface area contributed by atoms with Crippen molar-refractivity contribution in [2.24, 2.45) is 0 Å². The number of rotatable bonds is 8. The molecule has 2 aromatic heterocycles. The molecule has 1 fully saturated rings. The van der Waals surface area contributed by atoms with Crippen molar-refractivity contribution in [3.05, 3.63) is 40.4 Å². The van der Waals surface area contributed by atoms with E-state index in [1.54, 1.807) is 7.11 Å². The van der Waals surface area contributed by atoms with Crippen LogP contribution in [-0.4, -0.2) is 67.9 Å². The van der Waals surface area contributed by atoms with Gasteiger partial charge in [0.1, 0.15) is 11.6 Å². The van der Waals surface area contributed by atoms with E-state index in [0.29, 0.717) is 34.0 Å². The zero-order valence-electron chi connectivity index (χ0n) is 20.7. The van der Waals surface area contributed by atoms with Crippen molar-refractivity contribution in [3.8, 4) is 11.5 Å². The van der Waals surface area contributed by atoms with Gasteiger partial charge in [0.25, 0.3) is 0 Å². The van der Waals surface area contributed by atoms with Gasteiger partial charge in [-0.05, 0) is 31.5 Å². The van der Waals surface area contributed by atoms with Crippen LogP contribution in [0, 0.1) is 6.92 Å². The molecule has 0 atom stereocenters. The smallest absolute Gasteiger partial charge is 0.232 e. The van der Waals surface area contributed by atoms with Gasteiger partial charge in [0.15, 0.2) is 22.9 Å². The number of aldehydes is 1. The number of carbonyl (C=O) groups is 1. The third-order valence-electron chi connectivity index (χ3n) is 5.51. The molecule has 0 unspecified atom stereocenters. The van der Waals surface area contributed by atoms with Gasteiger partial charge in [0, 0.05) is 52.5 Å². The van der Waals surface area contributed by atoms with E-state index in [1.165, 1.54) is 11.3 Å². The molecule has 12 heteroatoms. The maximum atomic E-state index is 11.2. The molecular weight excluding hydrogens is 482 g/mol. The second-order valence-electron chi connectivity index (χ2n) is 8.00. The predicted molar refractivity (Wildman–Crippen MR) is 140 cm³/mol. The van der Waals surface area contributed by atoms with Crippen LogP contribution in [0.1, 0.15) is 27.9 Å². The fourth-order valence-electron chi connectivity index (χ4n) is 3.55. The van der Waals surface area contributed by atoms with E-state index in [0.717, 1.165) is 62.0 Å². The van der Waals surface area contributed by atoms with E-state index in [-0.39, 0.29) is 6.79 Å². The average Bonchev–Trinajstić information content (AvgIpc) is 3.53. The van der Waals surface area contributed by atoms with E-state index in [4.69, 9.17) is 14.5 Å². The number of benzene rings is 1. The lowest BCUT2D eigenvalue weighted by molar-refractivity contribution is 0.112. The molecular formula is C24H31N7O4S. The summed E-state index contributed by atoms with van der Waals surface area (Å²) in [7, 11) is 1.68. The first kappa shape index (κ1) is 25.6. The topological polar surface area (TPSA) is 123 Å². The van der Waals surface area contributed by atoms with Gasteiger partial charge in [-0.2, -0.15) is 9.97 Å². The van der Waals surface area contributed by atoms with Crippen LogP contribution in [0.25, 0.3) is 0 Å². The number of nitrogens with zero attached hydrogens (tertiary/aromatic N) is 4. The summed E-state index contributed by atoms with van der Waals surface area (Å²) in [5.41, 5.74) is 1.74. The summed E-state index contributed by atoms with van der Waals surface area (Å²) in [4.78, 5) is 27.7. The molecule has 5 rings (SSSR count). The van der Waals surface area contributed by atoms with Crippen LogP contribution in [0.5, 0.6) is 11.5 Å². The molecule has 1 aromatic carbocycles. The summed E-state index contributed by atoms with van der Waals surface area (Å²) in [6.07, 6.45) is 0.814. The highest BCUT2D eigenvalue weighted by atomic mass is 32.1. The number of hydrogen-bond donors (Lipinski definition) is 3. The Labute approximate surface area is 214 Å². The van der Waals surface area contributed by atoms with Crippen LogP contribution in [-0.2, 0) is 11.3 Å². The van der Waals surface area contributed by atoms with Crippen molar-refractivity contribution in [3.63, 3.8) is 0 Å². The number of aryl methyl sites for hydroxylation is 1. The fourth-order valence-corrected chi connectivity index (χ4v) is 4.32. The lowest BCUT2D eigenvalue weighted by Crippen LogP contribution is -2.44. The van der Waals surface area contributed by atoms with Crippen molar-refractivity contribution < 1.29 is 19.0 Å². The highest BCUT2D eigenvalue weighted by Crippen LogP contribution is 2.33. The molecule has 192 valence electrons. The van der Waals surface area contributed by atoms with Crippen LogP contribution in [0.3, 0.4) is 0 Å². The largest absolute Gasteiger partial charge is 0.454 e. The minimum absolute atomic E-state index is 0.253. The maximum absolute atomic E-state index is 11.2. The third-order valence-corrected chi connectivity index (χ3v) is 6.51. The summed E-state index contributed by atoms with van der Waals surface area (Å²) in [6.45, 7) is 8.94. The van der Waals surface area contributed by atoms with Gasteiger partial charge in [0.05, 0.1) is 10.6 Å². The molecule has 0 aliphatic carbocycles. The number of carbonyl (C=O) groups excluding carboxylic acids is 1. The van der Waals surface area contributed by atoms with Gasteiger partial charge in [-0.3, -0.25) is 10.1 Å². The Hall–Kier alpha value is -3.48. The molecule has 0 amide bonds. The number of hydrogen-bond acceptors (Lipinski definition) is 12. The van der Waals surface area contributed by atoms with Crippen LogP contribution in [0.4, 0.5) is 22.7 Å². The van der Waals surface area contributed by atoms with Gasteiger partial charge >= 0.3 is 0 Å². The first-order valence-corrected chi connectivity index (χ1v) is 12.6. The van der Waals surface area contributed by atoms with E-state index >= 15 is 0 Å². The van der Waals surface area contributed by atoms with Gasteiger partial charge in [-0.1, -0.05) is 17.4 Å². The average molecular weight is 514 g/mol. The maximum Gasteiger partial charge on any atom is 0.232 e. The number of piperazine rings is 1. The SMILES string of the molecule is CCOC.Cc1nc(Nc2nc(NCc3ccc4c(c3)OCO4)cc(N3CCNCC3)n2)sc1C=O. The highest BCUT2D eigenvalue weighted by Gasteiger charge is 2.17. The molecule has 3 N–H and O–H groups in total. The Morgan fingerprint density at radius 2 is 1.94 bits per heavy atom. The Balaban J connectivity index is 0.000000709. The van der Waals surface area contributed by atoms with Crippen molar-refractivity contribution >= 4 is 40.3 Å². The Bertz CT molecular complexity index is 1170. The van der Waals surface area contributed by atoms with Gasteiger partial charge in [0.2, 0.25) is 12.7 Å². The van der Waals surface area contributed by atoms with Crippen molar-refractivity contribution in [1.29, 1.82) is 0 Å². The van der Waals surface area contributed by atoms with Crippen LogP contribution >= 0.6 is 11.3 Å². The molecule has 1 saturated heterocycles. The summed E-state index contributed by atoms with van der Waals surface area (Å²) in [5.74, 6) is 3.47. The van der Waals surface area contributed by atoms with Gasteiger partial charge in [-0.25, -0.2) is 4.98 Å². The lowest BCUT2D eigenvalue weighted by atomic mass is 10.2. The van der Waals surface area contributed by atoms with Crippen molar-refractivity contribution in [1.82, 2.24) is 20.3 Å². The second kappa shape index (κ2) is 12.5. The Morgan fingerprint density at radius 3 is 2.67 bits per heavy atom. The van der Waals surface area contributed by atoms with E-state index < -0.39 is 0 Å². The first-order chi connectivity index (χ1) is 17.6. The number of anilines is 4. The normalized spacial score (nSPS) is 14.1. The highest BCUT2D eigenvalue weighted by molar-refractivity contribution is 7.17. The predicted octanol–water partition coefficient (Wildman–Crippen LogP) is 3.20. The Kier molecular flexibility index (Phi) is 8.87. The Morgan fingerprint density at radius 1 is 1.17 bits per heavy atom. The number of thiazole rings is 1. The van der Waals surface area contributed by atoms with Crippen molar-refractivity contribution in [2.75, 3.05) is 62.2 Å². The molecule has 0 spiro atoms. The minimum atomic E-state index is 0.253. The number of fused-ring (bicyclic) bond motifs is 1. The van der Waals surface area contributed by atoms with Crippen LogP contribution < -0.4 is 30.3 Å². The first-order valence-electron chi connectivity index (χ1n) is 11.7. The molecule has 0 bridgehead atoms. The van der Waals surface area contributed by atoms with Gasteiger partial charge in [-0.15, -0.1) is 0 Å². The molecule has 4 heterocycles. The monoisotopic (exact) mass is 513 g/mol. The van der Waals surface area contributed by atoms with Crippen molar-refractivity contribution in [2.45, 2.75) is 20.4 Å². The number of ether oxygens (including phenoxy) is 3. The van der Waals surface area contributed by atoms with Crippen LogP contribution in [0.15, 0.2) is 24.3 Å². The minimum Gasteiger partial charge on any atom is -0.454 e. The lowest BCUT2D eigenvalue weighted by Gasteiger charge is -2.28. The quantitative estimate of drug-likeness (QED) is 0.385. The zero-order chi connectivity index (χ0) is 25.3. The molecule has 36 heavy (non-hydrogen) atoms.